The number of para-hydroxylation sites is 1. The molecule has 10 rings (SSSR count). The number of fused-ring (bicyclic) bond motifs is 4. The normalized spacial score (nSPS) is 13.1. The van der Waals surface area contributed by atoms with Crippen LogP contribution in [0.2, 0.25) is 0 Å². The third-order valence-corrected chi connectivity index (χ3v) is 10.0. The zero-order valence-electron chi connectivity index (χ0n) is 28.7. The van der Waals surface area contributed by atoms with Crippen molar-refractivity contribution in [1.82, 2.24) is 19.9 Å². The van der Waals surface area contributed by atoms with Crippen molar-refractivity contribution in [1.29, 1.82) is 0 Å². The maximum Gasteiger partial charge on any atom is 0.308 e. The van der Waals surface area contributed by atoms with Gasteiger partial charge in [0.25, 0.3) is 11.6 Å². The predicted octanol–water partition coefficient (Wildman–Crippen LogP) is 10.7. The van der Waals surface area contributed by atoms with Gasteiger partial charge in [0.1, 0.15) is 6.04 Å². The molecule has 1 aliphatic rings. The van der Waals surface area contributed by atoms with Crippen molar-refractivity contribution in [2.45, 2.75) is 6.04 Å². The van der Waals surface area contributed by atoms with E-state index in [9.17, 15) is 0 Å². The van der Waals surface area contributed by atoms with Gasteiger partial charge in [-0.3, -0.25) is 0 Å². The molecule has 0 N–H and O–H groups in total. The fourth-order valence-electron chi connectivity index (χ4n) is 7.50. The summed E-state index contributed by atoms with van der Waals surface area (Å²) in [7, 11) is 0. The monoisotopic (exact) mass is 678 g/mol. The van der Waals surface area contributed by atoms with Gasteiger partial charge in [-0.05, 0) is 53.1 Å². The summed E-state index contributed by atoms with van der Waals surface area (Å²) >= 11 is 0. The Morgan fingerprint density at radius 1 is 0.377 bits per heavy atom. The molecule has 9 aromatic rings. The second kappa shape index (κ2) is 12.9. The summed E-state index contributed by atoms with van der Waals surface area (Å²) in [5.74, 6) is 3.19. The van der Waals surface area contributed by atoms with Crippen LogP contribution in [0.15, 0.2) is 188 Å². The van der Waals surface area contributed by atoms with Crippen molar-refractivity contribution in [2.75, 3.05) is 0 Å². The number of rotatable bonds is 6. The summed E-state index contributed by atoms with van der Waals surface area (Å²) in [5.41, 5.74) is 11.6. The highest BCUT2D eigenvalue weighted by atomic mass is 15.2. The third kappa shape index (κ3) is 5.47. The number of nitrogens with zero attached hydrogens (tertiary/aromatic N) is 5. The van der Waals surface area contributed by atoms with Crippen LogP contribution in [0.1, 0.15) is 17.2 Å². The van der Waals surface area contributed by atoms with Crippen molar-refractivity contribution >= 4 is 10.9 Å². The second-order valence-corrected chi connectivity index (χ2v) is 13.3. The lowest BCUT2D eigenvalue weighted by molar-refractivity contribution is -0.682. The molecule has 0 fully saturated rings. The molecule has 5 heteroatoms. The van der Waals surface area contributed by atoms with Crippen molar-refractivity contribution in [3.05, 3.63) is 199 Å². The summed E-state index contributed by atoms with van der Waals surface area (Å²) in [6.45, 7) is 0. The number of benzene rings is 7. The van der Waals surface area contributed by atoms with Gasteiger partial charge in [0, 0.05) is 22.1 Å². The molecule has 3 heterocycles. The zero-order valence-corrected chi connectivity index (χ0v) is 28.7. The minimum Gasteiger partial charge on any atom is -0.228 e. The molecule has 7 aromatic carbocycles. The Labute approximate surface area is 307 Å². The molecule has 0 radical (unpaired) electrons. The molecule has 1 atom stereocenters. The van der Waals surface area contributed by atoms with Crippen LogP contribution >= 0.6 is 0 Å². The Morgan fingerprint density at radius 3 is 1.75 bits per heavy atom. The molecule has 5 nitrogen and oxygen atoms in total. The van der Waals surface area contributed by atoms with E-state index in [-0.39, 0.29) is 6.04 Å². The van der Waals surface area contributed by atoms with E-state index in [4.69, 9.17) is 19.9 Å². The van der Waals surface area contributed by atoms with E-state index in [1.54, 1.807) is 0 Å². The van der Waals surface area contributed by atoms with Crippen molar-refractivity contribution in [3.63, 3.8) is 0 Å². The molecule has 0 aliphatic carbocycles. The van der Waals surface area contributed by atoms with Crippen LogP contribution in [0.5, 0.6) is 0 Å². The van der Waals surface area contributed by atoms with E-state index in [1.165, 1.54) is 11.1 Å². The quantitative estimate of drug-likeness (QED) is 0.164. The van der Waals surface area contributed by atoms with Crippen molar-refractivity contribution in [2.24, 2.45) is 0 Å². The van der Waals surface area contributed by atoms with Gasteiger partial charge in [0.05, 0.1) is 27.9 Å². The van der Waals surface area contributed by atoms with Gasteiger partial charge in [-0.25, -0.2) is 14.5 Å². The highest BCUT2D eigenvalue weighted by molar-refractivity contribution is 5.93. The van der Waals surface area contributed by atoms with Crippen LogP contribution in [0.4, 0.5) is 0 Å². The van der Waals surface area contributed by atoms with Crippen LogP contribution < -0.4 is 4.57 Å². The Hall–Kier alpha value is -7.11. The van der Waals surface area contributed by atoms with Crippen molar-refractivity contribution in [3.8, 4) is 67.9 Å². The SMILES string of the molecule is c1ccc(-c2nc(-c3ccc(-c4cccc(-c5nc(-c6ccccc6)[n+]6c(n5)-c5ccccc5C6c5ccccc5)c4)cc3)nc3ccccc23)cc1. The van der Waals surface area contributed by atoms with E-state index in [0.717, 1.165) is 67.2 Å². The lowest BCUT2D eigenvalue weighted by Gasteiger charge is -2.15. The highest BCUT2D eigenvalue weighted by Crippen LogP contribution is 2.39. The first-order valence-corrected chi connectivity index (χ1v) is 17.9. The molecule has 248 valence electrons. The third-order valence-electron chi connectivity index (χ3n) is 10.0. The standard InChI is InChI=1S/C48H32N5/c1-4-15-33(16-5-1)43-41-25-12-13-26-42(41)49-45(50-43)35-29-27-32(28-30-35)37-21-14-22-38(31-37)46-51-47(36-19-8-3-9-20-36)53-44(34-17-6-2-7-18-34)39-23-10-11-24-40(39)48(53)52-46/h1-31,44H/q+1. The van der Waals surface area contributed by atoms with E-state index in [1.807, 2.05) is 36.4 Å². The molecule has 0 amide bonds. The number of aromatic nitrogens is 5. The maximum absolute atomic E-state index is 5.33. The zero-order chi connectivity index (χ0) is 35.1. The van der Waals surface area contributed by atoms with Crippen LogP contribution in [-0.2, 0) is 0 Å². The fraction of sp³-hybridized carbons (Fsp3) is 0.0208. The van der Waals surface area contributed by atoms with Crippen LogP contribution in [0.25, 0.3) is 78.8 Å². The summed E-state index contributed by atoms with van der Waals surface area (Å²) in [4.78, 5) is 20.7. The van der Waals surface area contributed by atoms with Gasteiger partial charge in [-0.2, -0.15) is 0 Å². The molecule has 1 aliphatic heterocycles. The average molecular weight is 679 g/mol. The molecular weight excluding hydrogens is 647 g/mol. The van der Waals surface area contributed by atoms with Gasteiger partial charge in [-0.15, -0.1) is 0 Å². The first kappa shape index (κ1) is 30.7. The minimum absolute atomic E-state index is 0.0353. The first-order valence-electron chi connectivity index (χ1n) is 17.9. The van der Waals surface area contributed by atoms with E-state index >= 15 is 0 Å². The smallest absolute Gasteiger partial charge is 0.228 e. The summed E-state index contributed by atoms with van der Waals surface area (Å²) in [6, 6.07) is 65.2. The van der Waals surface area contributed by atoms with E-state index < -0.39 is 0 Å². The highest BCUT2D eigenvalue weighted by Gasteiger charge is 2.40. The summed E-state index contributed by atoms with van der Waals surface area (Å²) < 4.78 is 2.31. The second-order valence-electron chi connectivity index (χ2n) is 13.3. The van der Waals surface area contributed by atoms with Crippen LogP contribution in [-0.4, -0.2) is 19.9 Å². The average Bonchev–Trinajstić information content (AvgIpc) is 3.58. The Morgan fingerprint density at radius 2 is 0.962 bits per heavy atom. The molecule has 53 heavy (non-hydrogen) atoms. The van der Waals surface area contributed by atoms with Crippen LogP contribution in [0, 0.1) is 0 Å². The summed E-state index contributed by atoms with van der Waals surface area (Å²) in [5, 5.41) is 1.04. The minimum atomic E-state index is -0.0353. The molecule has 0 spiro atoms. The van der Waals surface area contributed by atoms with Gasteiger partial charge in [0.15, 0.2) is 5.82 Å². The lowest BCUT2D eigenvalue weighted by Crippen LogP contribution is -2.43. The van der Waals surface area contributed by atoms with Gasteiger partial charge in [0.2, 0.25) is 0 Å². The molecule has 1 unspecified atom stereocenters. The number of hydrogen-bond acceptors (Lipinski definition) is 4. The van der Waals surface area contributed by atoms with E-state index in [0.29, 0.717) is 11.6 Å². The Bertz CT molecular complexity index is 2760. The Balaban J connectivity index is 1.06. The van der Waals surface area contributed by atoms with Gasteiger partial charge < -0.3 is 0 Å². The van der Waals surface area contributed by atoms with Gasteiger partial charge >= 0.3 is 5.82 Å². The largest absolute Gasteiger partial charge is 0.308 e. The van der Waals surface area contributed by atoms with E-state index in [2.05, 4.69) is 156 Å². The lowest BCUT2D eigenvalue weighted by atomic mass is 9.97. The first-order chi connectivity index (χ1) is 26.3. The van der Waals surface area contributed by atoms with Gasteiger partial charge in [-0.1, -0.05) is 162 Å². The predicted molar refractivity (Wildman–Crippen MR) is 212 cm³/mol. The Kier molecular flexibility index (Phi) is 7.47. The molecule has 0 saturated heterocycles. The molecular formula is C48H32N5+. The number of hydrogen-bond donors (Lipinski definition) is 0. The fourth-order valence-corrected chi connectivity index (χ4v) is 7.50. The summed E-state index contributed by atoms with van der Waals surface area (Å²) in [6.07, 6.45) is 0. The maximum atomic E-state index is 5.33. The molecule has 2 aromatic heterocycles. The molecule has 0 bridgehead atoms. The topological polar surface area (TPSA) is 55.4 Å². The molecule has 0 saturated carbocycles. The van der Waals surface area contributed by atoms with Crippen molar-refractivity contribution < 1.29 is 4.57 Å². The van der Waals surface area contributed by atoms with Crippen LogP contribution in [0.3, 0.4) is 0 Å².